The molecule has 2 aliphatic rings. The Labute approximate surface area is 129 Å². The summed E-state index contributed by atoms with van der Waals surface area (Å²) in [5.41, 5.74) is 7.83. The second kappa shape index (κ2) is 4.67. The average Bonchev–Trinajstić information content (AvgIpc) is 2.52. The molecule has 3 heteroatoms. The highest BCUT2D eigenvalue weighted by atomic mass is 16.5. The van der Waals surface area contributed by atoms with E-state index in [0.717, 1.165) is 28.4 Å². The summed E-state index contributed by atoms with van der Waals surface area (Å²) < 4.78 is 11.5. The van der Waals surface area contributed by atoms with Crippen LogP contribution in [0.25, 0.3) is 16.7 Å². The van der Waals surface area contributed by atoms with E-state index < -0.39 is 0 Å². The fourth-order valence-electron chi connectivity index (χ4n) is 3.35. The summed E-state index contributed by atoms with van der Waals surface area (Å²) in [6, 6.07) is 10.2. The van der Waals surface area contributed by atoms with Crippen molar-refractivity contribution in [3.63, 3.8) is 0 Å². The van der Waals surface area contributed by atoms with Crippen molar-refractivity contribution in [2.75, 3.05) is 12.4 Å². The van der Waals surface area contributed by atoms with Gasteiger partial charge in [0.2, 0.25) is 0 Å². The van der Waals surface area contributed by atoms with Crippen LogP contribution in [-0.4, -0.2) is 7.11 Å². The molecule has 0 aliphatic carbocycles. The third-order valence-electron chi connectivity index (χ3n) is 4.24. The Hall–Kier alpha value is -2.68. The smallest absolute Gasteiger partial charge is 0.131 e. The van der Waals surface area contributed by atoms with Gasteiger partial charge in [0.1, 0.15) is 18.1 Å². The van der Waals surface area contributed by atoms with Gasteiger partial charge in [-0.15, -0.1) is 0 Å². The topological polar surface area (TPSA) is 30.5 Å². The first-order chi connectivity index (χ1) is 10.7. The molecule has 3 nitrogen and oxygen atoms in total. The number of ether oxygens (including phenoxy) is 2. The molecular weight excluding hydrogens is 274 g/mol. The van der Waals surface area contributed by atoms with Gasteiger partial charge >= 0.3 is 0 Å². The van der Waals surface area contributed by atoms with E-state index in [1.807, 2.05) is 18.2 Å². The van der Waals surface area contributed by atoms with Gasteiger partial charge in [-0.3, -0.25) is 0 Å². The molecule has 0 bridgehead atoms. The van der Waals surface area contributed by atoms with Gasteiger partial charge in [-0.05, 0) is 42.3 Å². The van der Waals surface area contributed by atoms with Crippen molar-refractivity contribution in [3.8, 4) is 22.6 Å². The van der Waals surface area contributed by atoms with Crippen molar-refractivity contribution >= 4 is 11.3 Å². The summed E-state index contributed by atoms with van der Waals surface area (Å²) in [5, 5.41) is 3.34. The molecule has 0 aromatic heterocycles. The molecule has 22 heavy (non-hydrogen) atoms. The van der Waals surface area contributed by atoms with Crippen molar-refractivity contribution in [2.45, 2.75) is 13.5 Å². The third-order valence-corrected chi connectivity index (χ3v) is 4.24. The largest absolute Gasteiger partial charge is 0.496 e. The van der Waals surface area contributed by atoms with E-state index in [-0.39, 0.29) is 0 Å². The van der Waals surface area contributed by atoms with Crippen molar-refractivity contribution in [2.24, 2.45) is 0 Å². The number of benzene rings is 2. The number of anilines is 1. The summed E-state index contributed by atoms with van der Waals surface area (Å²) in [5.74, 6) is 1.72. The first kappa shape index (κ1) is 13.0. The van der Waals surface area contributed by atoms with E-state index in [1.165, 1.54) is 22.3 Å². The SMILES string of the molecule is C=C1C=C(C)c2c(ccc3c2COc2cccc(OC)c2-3)N1. The predicted octanol–water partition coefficient (Wildman–Crippen LogP) is 4.60. The molecule has 0 atom stereocenters. The molecule has 4 rings (SSSR count). The molecule has 0 amide bonds. The summed E-state index contributed by atoms with van der Waals surface area (Å²) in [4.78, 5) is 0. The predicted molar refractivity (Wildman–Crippen MR) is 89.2 cm³/mol. The van der Waals surface area contributed by atoms with Gasteiger partial charge in [-0.25, -0.2) is 0 Å². The normalized spacial score (nSPS) is 14.8. The summed E-state index contributed by atoms with van der Waals surface area (Å²) >= 11 is 0. The maximum Gasteiger partial charge on any atom is 0.131 e. The third kappa shape index (κ3) is 1.75. The number of allylic oxidation sites excluding steroid dienone is 2. The Morgan fingerprint density at radius 3 is 2.86 bits per heavy atom. The highest BCUT2D eigenvalue weighted by Crippen LogP contribution is 2.47. The van der Waals surface area contributed by atoms with Crippen molar-refractivity contribution < 1.29 is 9.47 Å². The zero-order valence-electron chi connectivity index (χ0n) is 12.7. The Balaban J connectivity index is 2.01. The van der Waals surface area contributed by atoms with Crippen LogP contribution in [0, 0.1) is 0 Å². The minimum Gasteiger partial charge on any atom is -0.496 e. The zero-order valence-corrected chi connectivity index (χ0v) is 12.7. The zero-order chi connectivity index (χ0) is 15.3. The molecule has 2 heterocycles. The maximum absolute atomic E-state index is 5.98. The van der Waals surface area contributed by atoms with Crippen LogP contribution in [0.5, 0.6) is 11.5 Å². The molecule has 2 aliphatic heterocycles. The highest BCUT2D eigenvalue weighted by molar-refractivity contribution is 5.91. The molecule has 2 aromatic rings. The van der Waals surface area contributed by atoms with Gasteiger partial charge < -0.3 is 14.8 Å². The Morgan fingerprint density at radius 2 is 2.05 bits per heavy atom. The van der Waals surface area contributed by atoms with Crippen LogP contribution >= 0.6 is 0 Å². The molecule has 0 fully saturated rings. The van der Waals surface area contributed by atoms with Crippen LogP contribution in [-0.2, 0) is 6.61 Å². The van der Waals surface area contributed by atoms with Gasteiger partial charge in [0, 0.05) is 22.5 Å². The van der Waals surface area contributed by atoms with E-state index >= 15 is 0 Å². The van der Waals surface area contributed by atoms with Crippen LogP contribution in [0.1, 0.15) is 18.1 Å². The minimum atomic E-state index is 0.567. The van der Waals surface area contributed by atoms with Crippen LogP contribution in [0.3, 0.4) is 0 Å². The van der Waals surface area contributed by atoms with Gasteiger partial charge in [0.05, 0.1) is 12.7 Å². The number of fused-ring (bicyclic) bond motifs is 5. The monoisotopic (exact) mass is 291 g/mol. The molecule has 110 valence electrons. The quantitative estimate of drug-likeness (QED) is 0.833. The average molecular weight is 291 g/mol. The lowest BCUT2D eigenvalue weighted by atomic mass is 9.87. The minimum absolute atomic E-state index is 0.567. The van der Waals surface area contributed by atoms with Crippen molar-refractivity contribution in [1.82, 2.24) is 0 Å². The summed E-state index contributed by atoms with van der Waals surface area (Å²) in [6.07, 6.45) is 2.07. The lowest BCUT2D eigenvalue weighted by molar-refractivity contribution is 0.299. The molecule has 0 spiro atoms. The Kier molecular flexibility index (Phi) is 2.76. The Morgan fingerprint density at radius 1 is 1.18 bits per heavy atom. The number of methoxy groups -OCH3 is 1. The second-order valence-electron chi connectivity index (χ2n) is 5.61. The molecule has 0 saturated heterocycles. The van der Waals surface area contributed by atoms with E-state index in [0.29, 0.717) is 6.61 Å². The summed E-state index contributed by atoms with van der Waals surface area (Å²) in [7, 11) is 1.69. The first-order valence-corrected chi connectivity index (χ1v) is 7.29. The number of hydrogen-bond donors (Lipinski definition) is 1. The van der Waals surface area contributed by atoms with Gasteiger partial charge in [-0.1, -0.05) is 18.7 Å². The molecular formula is C19H17NO2. The molecule has 0 unspecified atom stereocenters. The van der Waals surface area contributed by atoms with Gasteiger partial charge in [0.15, 0.2) is 0 Å². The lowest BCUT2D eigenvalue weighted by Crippen LogP contribution is -2.13. The van der Waals surface area contributed by atoms with Gasteiger partial charge in [-0.2, -0.15) is 0 Å². The van der Waals surface area contributed by atoms with Crippen LogP contribution in [0.4, 0.5) is 5.69 Å². The molecule has 0 radical (unpaired) electrons. The first-order valence-electron chi connectivity index (χ1n) is 7.29. The second-order valence-corrected chi connectivity index (χ2v) is 5.61. The van der Waals surface area contributed by atoms with Crippen molar-refractivity contribution in [1.29, 1.82) is 0 Å². The van der Waals surface area contributed by atoms with E-state index in [1.54, 1.807) is 7.11 Å². The molecule has 2 aromatic carbocycles. The van der Waals surface area contributed by atoms with Crippen LogP contribution in [0.15, 0.2) is 48.7 Å². The number of rotatable bonds is 1. The van der Waals surface area contributed by atoms with E-state index in [2.05, 4.69) is 37.0 Å². The van der Waals surface area contributed by atoms with E-state index in [4.69, 9.17) is 9.47 Å². The van der Waals surface area contributed by atoms with Gasteiger partial charge in [0.25, 0.3) is 0 Å². The number of hydrogen-bond acceptors (Lipinski definition) is 3. The number of nitrogens with one attached hydrogen (secondary N) is 1. The van der Waals surface area contributed by atoms with Crippen LogP contribution < -0.4 is 14.8 Å². The van der Waals surface area contributed by atoms with Crippen LogP contribution in [0.2, 0.25) is 0 Å². The molecule has 1 N–H and O–H groups in total. The van der Waals surface area contributed by atoms with Crippen molar-refractivity contribution in [3.05, 3.63) is 59.8 Å². The lowest BCUT2D eigenvalue weighted by Gasteiger charge is -2.28. The Bertz CT molecular complexity index is 819. The van der Waals surface area contributed by atoms with E-state index in [9.17, 15) is 0 Å². The summed E-state index contributed by atoms with van der Waals surface area (Å²) in [6.45, 7) is 6.68. The molecule has 0 saturated carbocycles. The fourth-order valence-corrected chi connectivity index (χ4v) is 3.35. The maximum atomic E-state index is 5.98. The standard InChI is InChI=1S/C19H17NO2/c1-11-9-12(2)20-15-8-7-13-14(18(11)15)10-22-17-6-4-5-16(21-3)19(13)17/h4-9,20H,2,10H2,1,3H3. The fraction of sp³-hybridized carbons (Fsp3) is 0.158. The highest BCUT2D eigenvalue weighted by Gasteiger charge is 2.26.